The lowest BCUT2D eigenvalue weighted by Gasteiger charge is -2.19. The maximum Gasteiger partial charge on any atom is 0.249 e. The molecule has 7 nitrogen and oxygen atoms in total. The number of anilines is 4. The van der Waals surface area contributed by atoms with Gasteiger partial charge in [0.15, 0.2) is 17.3 Å². The molecule has 1 aliphatic rings. The Balaban J connectivity index is 1.48. The first-order valence-electron chi connectivity index (χ1n) is 8.52. The number of nitrogens with zero attached hydrogens (tertiary/aromatic N) is 3. The lowest BCUT2D eigenvalue weighted by molar-refractivity contribution is 0.171. The minimum atomic E-state index is 0.428. The van der Waals surface area contributed by atoms with Crippen LogP contribution in [0.2, 0.25) is 0 Å². The summed E-state index contributed by atoms with van der Waals surface area (Å²) in [7, 11) is 0. The Morgan fingerprint density at radius 2 is 1.69 bits per heavy atom. The van der Waals surface area contributed by atoms with Gasteiger partial charge < -0.3 is 20.1 Å². The second-order valence-electron chi connectivity index (χ2n) is 5.82. The van der Waals surface area contributed by atoms with Crippen LogP contribution in [0.1, 0.15) is 12.5 Å². The second kappa shape index (κ2) is 7.26. The minimum Gasteiger partial charge on any atom is -0.486 e. The zero-order chi connectivity index (χ0) is 17.8. The molecule has 132 valence electrons. The molecule has 0 spiro atoms. The number of rotatable bonds is 5. The number of hydrogen-bond donors (Lipinski definition) is 2. The van der Waals surface area contributed by atoms with E-state index in [1.165, 1.54) is 5.56 Å². The quantitative estimate of drug-likeness (QED) is 0.727. The van der Waals surface area contributed by atoms with Gasteiger partial charge in [-0.3, -0.25) is 0 Å². The van der Waals surface area contributed by atoms with E-state index in [1.807, 2.05) is 30.3 Å². The fourth-order valence-corrected chi connectivity index (χ4v) is 2.64. The summed E-state index contributed by atoms with van der Waals surface area (Å²) in [6.07, 6.45) is 2.58. The maximum absolute atomic E-state index is 5.60. The first-order chi connectivity index (χ1) is 12.8. The van der Waals surface area contributed by atoms with Gasteiger partial charge in [0, 0.05) is 17.4 Å². The molecular formula is C19H19N5O2. The van der Waals surface area contributed by atoms with E-state index >= 15 is 0 Å². The Bertz CT molecular complexity index is 899. The highest BCUT2D eigenvalue weighted by molar-refractivity contribution is 5.62. The average Bonchev–Trinajstić information content (AvgIpc) is 2.69. The molecule has 2 aromatic carbocycles. The van der Waals surface area contributed by atoms with Gasteiger partial charge in [-0.05, 0) is 36.2 Å². The molecule has 1 aromatic heterocycles. The highest BCUT2D eigenvalue weighted by Crippen LogP contribution is 2.33. The van der Waals surface area contributed by atoms with E-state index < -0.39 is 0 Å². The van der Waals surface area contributed by atoms with Crippen molar-refractivity contribution in [2.75, 3.05) is 23.8 Å². The first kappa shape index (κ1) is 16.1. The summed E-state index contributed by atoms with van der Waals surface area (Å²) in [5.74, 6) is 2.49. The standard InChI is InChI=1S/C19H19N5O2/c1-2-13-3-5-14(6-4-13)22-19-23-18(12-20-24-19)21-15-7-8-16-17(11-15)26-10-9-25-16/h3-8,11-12H,2,9-10H2,1H3,(H2,21,22,23,24). The monoisotopic (exact) mass is 349 g/mol. The van der Waals surface area contributed by atoms with Crippen molar-refractivity contribution >= 4 is 23.1 Å². The van der Waals surface area contributed by atoms with Crippen molar-refractivity contribution in [2.45, 2.75) is 13.3 Å². The summed E-state index contributed by atoms with van der Waals surface area (Å²) in [5, 5.41) is 14.4. The molecular weight excluding hydrogens is 330 g/mol. The average molecular weight is 349 g/mol. The van der Waals surface area contributed by atoms with Crippen LogP contribution < -0.4 is 20.1 Å². The van der Waals surface area contributed by atoms with E-state index in [4.69, 9.17) is 9.47 Å². The summed E-state index contributed by atoms with van der Waals surface area (Å²) >= 11 is 0. The summed E-state index contributed by atoms with van der Waals surface area (Å²) in [6, 6.07) is 13.8. The van der Waals surface area contributed by atoms with Gasteiger partial charge in [0.2, 0.25) is 5.95 Å². The van der Waals surface area contributed by atoms with Crippen LogP contribution in [0, 0.1) is 0 Å². The lowest BCUT2D eigenvalue weighted by Crippen LogP contribution is -2.15. The van der Waals surface area contributed by atoms with Crippen molar-refractivity contribution in [1.29, 1.82) is 0 Å². The Kier molecular flexibility index (Phi) is 4.51. The van der Waals surface area contributed by atoms with Crippen molar-refractivity contribution in [1.82, 2.24) is 15.2 Å². The highest BCUT2D eigenvalue weighted by Gasteiger charge is 2.12. The number of nitrogens with one attached hydrogen (secondary N) is 2. The van der Waals surface area contributed by atoms with Crippen molar-refractivity contribution < 1.29 is 9.47 Å². The molecule has 2 heterocycles. The molecule has 3 aromatic rings. The van der Waals surface area contributed by atoms with Crippen LogP contribution >= 0.6 is 0 Å². The van der Waals surface area contributed by atoms with Crippen LogP contribution in [0.4, 0.5) is 23.1 Å². The van der Waals surface area contributed by atoms with Crippen molar-refractivity contribution in [3.8, 4) is 11.5 Å². The fourth-order valence-electron chi connectivity index (χ4n) is 2.64. The molecule has 2 N–H and O–H groups in total. The van der Waals surface area contributed by atoms with Gasteiger partial charge in [-0.2, -0.15) is 10.1 Å². The molecule has 0 unspecified atom stereocenters. The van der Waals surface area contributed by atoms with Crippen LogP contribution in [0.5, 0.6) is 11.5 Å². The number of aryl methyl sites for hydroxylation is 1. The Morgan fingerprint density at radius 1 is 0.923 bits per heavy atom. The third-order valence-corrected chi connectivity index (χ3v) is 3.99. The number of hydrogen-bond acceptors (Lipinski definition) is 7. The summed E-state index contributed by atoms with van der Waals surface area (Å²) in [4.78, 5) is 4.45. The van der Waals surface area contributed by atoms with Gasteiger partial charge >= 0.3 is 0 Å². The van der Waals surface area contributed by atoms with Gasteiger partial charge in [0.05, 0.1) is 6.20 Å². The number of aromatic nitrogens is 3. The van der Waals surface area contributed by atoms with Crippen molar-refractivity contribution in [3.05, 3.63) is 54.2 Å². The van der Waals surface area contributed by atoms with Gasteiger partial charge in [0.1, 0.15) is 13.2 Å². The van der Waals surface area contributed by atoms with E-state index in [0.29, 0.717) is 25.0 Å². The molecule has 0 aliphatic carbocycles. The largest absolute Gasteiger partial charge is 0.486 e. The molecule has 1 aliphatic heterocycles. The third kappa shape index (κ3) is 3.66. The molecule has 0 bridgehead atoms. The maximum atomic E-state index is 5.60. The number of benzene rings is 2. The zero-order valence-corrected chi connectivity index (χ0v) is 14.4. The van der Waals surface area contributed by atoms with Crippen molar-refractivity contribution in [3.63, 3.8) is 0 Å². The van der Waals surface area contributed by atoms with Crippen LogP contribution in [-0.4, -0.2) is 28.4 Å². The molecule has 0 saturated carbocycles. The predicted octanol–water partition coefficient (Wildman–Crippen LogP) is 3.69. The van der Waals surface area contributed by atoms with E-state index in [2.05, 4.69) is 44.9 Å². The fraction of sp³-hybridized carbons (Fsp3) is 0.211. The number of fused-ring (bicyclic) bond motifs is 1. The molecule has 0 fully saturated rings. The van der Waals surface area contributed by atoms with Crippen LogP contribution in [0.3, 0.4) is 0 Å². The van der Waals surface area contributed by atoms with E-state index in [-0.39, 0.29) is 0 Å². The van der Waals surface area contributed by atoms with E-state index in [1.54, 1.807) is 6.20 Å². The molecule has 0 saturated heterocycles. The first-order valence-corrected chi connectivity index (χ1v) is 8.52. The molecule has 0 atom stereocenters. The smallest absolute Gasteiger partial charge is 0.249 e. The molecule has 0 amide bonds. The summed E-state index contributed by atoms with van der Waals surface area (Å²) in [5.41, 5.74) is 3.04. The third-order valence-electron chi connectivity index (χ3n) is 3.99. The Morgan fingerprint density at radius 3 is 2.50 bits per heavy atom. The van der Waals surface area contributed by atoms with E-state index in [9.17, 15) is 0 Å². The Labute approximate surface area is 151 Å². The topological polar surface area (TPSA) is 81.2 Å². The molecule has 4 rings (SSSR count). The van der Waals surface area contributed by atoms with Crippen LogP contribution in [0.25, 0.3) is 0 Å². The zero-order valence-electron chi connectivity index (χ0n) is 14.4. The number of ether oxygens (including phenoxy) is 2. The minimum absolute atomic E-state index is 0.428. The Hall–Kier alpha value is -3.35. The van der Waals surface area contributed by atoms with E-state index in [0.717, 1.165) is 29.3 Å². The van der Waals surface area contributed by atoms with Crippen molar-refractivity contribution in [2.24, 2.45) is 0 Å². The molecule has 7 heteroatoms. The van der Waals surface area contributed by atoms with Gasteiger partial charge in [0.25, 0.3) is 0 Å². The van der Waals surface area contributed by atoms with Gasteiger partial charge in [-0.25, -0.2) is 0 Å². The molecule has 0 radical (unpaired) electrons. The van der Waals surface area contributed by atoms with Crippen LogP contribution in [0.15, 0.2) is 48.7 Å². The normalized spacial score (nSPS) is 12.5. The lowest BCUT2D eigenvalue weighted by atomic mass is 10.1. The molecule has 26 heavy (non-hydrogen) atoms. The highest BCUT2D eigenvalue weighted by atomic mass is 16.6. The van der Waals surface area contributed by atoms with Gasteiger partial charge in [-0.15, -0.1) is 5.10 Å². The van der Waals surface area contributed by atoms with Crippen LogP contribution in [-0.2, 0) is 6.42 Å². The SMILES string of the molecule is CCc1ccc(Nc2nncc(Nc3ccc4c(c3)OCCO4)n2)cc1. The summed E-state index contributed by atoms with van der Waals surface area (Å²) < 4.78 is 11.1. The predicted molar refractivity (Wildman–Crippen MR) is 99.6 cm³/mol. The summed E-state index contributed by atoms with van der Waals surface area (Å²) in [6.45, 7) is 3.25. The van der Waals surface area contributed by atoms with Gasteiger partial charge in [-0.1, -0.05) is 19.1 Å². The second-order valence-corrected chi connectivity index (χ2v) is 5.82.